The van der Waals surface area contributed by atoms with Crippen molar-refractivity contribution in [3.05, 3.63) is 76.1 Å². The number of carbonyl (C=O) groups is 2. The zero-order chi connectivity index (χ0) is 23.3. The first-order valence-electron chi connectivity index (χ1n) is 10.9. The number of aromatic nitrogens is 2. The van der Waals surface area contributed by atoms with Gasteiger partial charge in [0.15, 0.2) is 0 Å². The lowest BCUT2D eigenvalue weighted by atomic mass is 10.1. The van der Waals surface area contributed by atoms with E-state index in [0.717, 1.165) is 22.6 Å². The van der Waals surface area contributed by atoms with Crippen molar-refractivity contribution < 1.29 is 14.3 Å². The maximum atomic E-state index is 13.3. The molecule has 8 heteroatoms. The minimum Gasteiger partial charge on any atom is -0.495 e. The molecule has 0 spiro atoms. The highest BCUT2D eigenvalue weighted by molar-refractivity contribution is 6.32. The molecule has 0 aliphatic carbocycles. The molecule has 170 valence electrons. The van der Waals surface area contributed by atoms with Crippen molar-refractivity contribution in [3.63, 3.8) is 0 Å². The van der Waals surface area contributed by atoms with Crippen molar-refractivity contribution in [1.82, 2.24) is 14.7 Å². The maximum Gasteiger partial charge on any atom is 0.254 e. The fourth-order valence-corrected chi connectivity index (χ4v) is 5.17. The lowest BCUT2D eigenvalue weighted by Gasteiger charge is -2.34. The van der Waals surface area contributed by atoms with E-state index in [1.165, 1.54) is 0 Å². The van der Waals surface area contributed by atoms with Crippen molar-refractivity contribution in [2.75, 3.05) is 18.6 Å². The molecule has 2 aromatic carbocycles. The van der Waals surface area contributed by atoms with Crippen LogP contribution in [-0.2, 0) is 11.3 Å². The third-order valence-corrected chi connectivity index (χ3v) is 6.75. The van der Waals surface area contributed by atoms with Gasteiger partial charge in [0, 0.05) is 23.5 Å². The van der Waals surface area contributed by atoms with Crippen LogP contribution in [0.5, 0.6) is 5.75 Å². The number of methoxy groups -OCH3 is 1. The average Bonchev–Trinajstić information content (AvgIpc) is 3.46. The van der Waals surface area contributed by atoms with Crippen LogP contribution in [0.3, 0.4) is 0 Å². The Morgan fingerprint density at radius 1 is 1.18 bits per heavy atom. The topological polar surface area (TPSA) is 67.7 Å². The van der Waals surface area contributed by atoms with Gasteiger partial charge in [0.05, 0.1) is 30.4 Å². The van der Waals surface area contributed by atoms with Crippen LogP contribution in [0.25, 0.3) is 0 Å². The quantitative estimate of drug-likeness (QED) is 0.575. The number of aryl methyl sites for hydroxylation is 2. The first-order chi connectivity index (χ1) is 15.9. The molecular formula is C25H25ClN4O3. The van der Waals surface area contributed by atoms with Crippen LogP contribution in [0.15, 0.2) is 48.5 Å². The minimum absolute atomic E-state index is 0.0613. The number of hydrogen-bond acceptors (Lipinski definition) is 4. The normalized spacial score (nSPS) is 19.5. The number of rotatable bonds is 5. The van der Waals surface area contributed by atoms with Crippen molar-refractivity contribution in [1.29, 1.82) is 0 Å². The number of benzene rings is 2. The second-order valence-corrected chi connectivity index (χ2v) is 9.08. The monoisotopic (exact) mass is 464 g/mol. The van der Waals surface area contributed by atoms with E-state index >= 15 is 0 Å². The van der Waals surface area contributed by atoms with E-state index in [0.29, 0.717) is 35.8 Å². The Bertz CT molecular complexity index is 1250. The highest BCUT2D eigenvalue weighted by Gasteiger charge is 2.52. The van der Waals surface area contributed by atoms with Crippen LogP contribution in [0, 0.1) is 13.8 Å². The Balaban J connectivity index is 1.33. The van der Waals surface area contributed by atoms with Crippen molar-refractivity contribution >= 4 is 29.1 Å². The number of nitrogens with zero attached hydrogens (tertiary/aromatic N) is 4. The summed E-state index contributed by atoms with van der Waals surface area (Å²) in [6, 6.07) is 14.4. The first-order valence-corrected chi connectivity index (χ1v) is 11.3. The number of carbonyl (C=O) groups excluding carboxylic acids is 2. The lowest BCUT2D eigenvalue weighted by molar-refractivity contribution is -0.121. The molecule has 2 atom stereocenters. The molecule has 0 radical (unpaired) electrons. The van der Waals surface area contributed by atoms with Gasteiger partial charge in [-0.3, -0.25) is 14.3 Å². The Hall–Kier alpha value is -3.32. The molecule has 3 heterocycles. The molecule has 2 aliphatic rings. The Morgan fingerprint density at radius 2 is 2.00 bits per heavy atom. The summed E-state index contributed by atoms with van der Waals surface area (Å²) in [5.41, 5.74) is 4.36. The second kappa shape index (κ2) is 8.23. The number of hydrogen-bond donors (Lipinski definition) is 0. The number of piperazine rings is 1. The molecule has 2 saturated heterocycles. The molecule has 5 rings (SSSR count). The summed E-state index contributed by atoms with van der Waals surface area (Å²) in [5, 5.41) is 4.96. The maximum absolute atomic E-state index is 13.3. The fraction of sp³-hybridized carbons (Fsp3) is 0.320. The highest BCUT2D eigenvalue weighted by atomic mass is 35.5. The number of halogens is 1. The van der Waals surface area contributed by atoms with E-state index in [9.17, 15) is 9.59 Å². The molecule has 7 nitrogen and oxygen atoms in total. The van der Waals surface area contributed by atoms with Gasteiger partial charge in [-0.1, -0.05) is 23.7 Å². The zero-order valence-corrected chi connectivity index (χ0v) is 19.5. The van der Waals surface area contributed by atoms with Crippen LogP contribution in [0.2, 0.25) is 5.02 Å². The Labute approximate surface area is 197 Å². The Morgan fingerprint density at radius 3 is 2.67 bits per heavy atom. The third-order valence-electron chi connectivity index (χ3n) is 6.45. The summed E-state index contributed by atoms with van der Waals surface area (Å²) in [6.07, 6.45) is 0.625. The summed E-state index contributed by atoms with van der Waals surface area (Å²) in [5.74, 6) is 0.382. The molecule has 33 heavy (non-hydrogen) atoms. The predicted molar refractivity (Wildman–Crippen MR) is 126 cm³/mol. The van der Waals surface area contributed by atoms with Gasteiger partial charge in [-0.05, 0) is 62.2 Å². The standard InChI is InChI=1S/C25H25ClN4O3/c1-15-9-16(2)29(27-15)13-17-5-4-6-18(10-17)24(31)28-14-20-12-22(28)25(32)30(20)19-7-8-23(33-3)21(26)11-19/h4-11,20,22H,12-14H2,1-3H3/t20-,22-/m0/s1. The van der Waals surface area contributed by atoms with Gasteiger partial charge < -0.3 is 14.5 Å². The van der Waals surface area contributed by atoms with Crippen LogP contribution >= 0.6 is 11.6 Å². The molecule has 0 N–H and O–H groups in total. The number of anilines is 1. The summed E-state index contributed by atoms with van der Waals surface area (Å²) >= 11 is 6.27. The fourth-order valence-electron chi connectivity index (χ4n) is 4.92. The Kier molecular flexibility index (Phi) is 5.37. The zero-order valence-electron chi connectivity index (χ0n) is 18.8. The van der Waals surface area contributed by atoms with Gasteiger partial charge in [0.2, 0.25) is 5.91 Å². The summed E-state index contributed by atoms with van der Waals surface area (Å²) in [4.78, 5) is 30.0. The molecule has 2 aliphatic heterocycles. The van der Waals surface area contributed by atoms with Crippen LogP contribution in [0.4, 0.5) is 5.69 Å². The van der Waals surface area contributed by atoms with Gasteiger partial charge >= 0.3 is 0 Å². The molecule has 1 aromatic heterocycles. The average molecular weight is 465 g/mol. The van der Waals surface area contributed by atoms with Gasteiger partial charge in [0.1, 0.15) is 11.8 Å². The highest BCUT2D eigenvalue weighted by Crippen LogP contribution is 2.39. The summed E-state index contributed by atoms with van der Waals surface area (Å²) < 4.78 is 7.14. The second-order valence-electron chi connectivity index (χ2n) is 8.68. The first kappa shape index (κ1) is 21.5. The molecule has 0 saturated carbocycles. The van der Waals surface area contributed by atoms with E-state index < -0.39 is 6.04 Å². The molecule has 2 fully saturated rings. The van der Waals surface area contributed by atoms with Crippen molar-refractivity contribution in [2.45, 2.75) is 38.9 Å². The molecule has 3 aromatic rings. The van der Waals surface area contributed by atoms with E-state index in [4.69, 9.17) is 16.3 Å². The van der Waals surface area contributed by atoms with E-state index in [1.807, 2.05) is 54.9 Å². The largest absolute Gasteiger partial charge is 0.495 e. The summed E-state index contributed by atoms with van der Waals surface area (Å²) in [7, 11) is 1.56. The number of amides is 2. The van der Waals surface area contributed by atoms with Gasteiger partial charge in [-0.2, -0.15) is 5.10 Å². The van der Waals surface area contributed by atoms with Crippen LogP contribution in [-0.4, -0.2) is 52.2 Å². The lowest BCUT2D eigenvalue weighted by Crippen LogP contribution is -2.52. The van der Waals surface area contributed by atoms with Crippen LogP contribution in [0.1, 0.15) is 33.7 Å². The molecule has 2 amide bonds. The van der Waals surface area contributed by atoms with E-state index in [-0.39, 0.29) is 17.9 Å². The van der Waals surface area contributed by atoms with Gasteiger partial charge in [-0.15, -0.1) is 0 Å². The van der Waals surface area contributed by atoms with Crippen LogP contribution < -0.4 is 9.64 Å². The van der Waals surface area contributed by atoms with Gasteiger partial charge in [-0.25, -0.2) is 0 Å². The van der Waals surface area contributed by atoms with Crippen molar-refractivity contribution in [2.24, 2.45) is 0 Å². The number of likely N-dealkylation sites (tertiary alicyclic amines) is 1. The van der Waals surface area contributed by atoms with Crippen molar-refractivity contribution in [3.8, 4) is 5.75 Å². The minimum atomic E-state index is -0.456. The number of ether oxygens (including phenoxy) is 1. The van der Waals surface area contributed by atoms with Gasteiger partial charge in [0.25, 0.3) is 5.91 Å². The molecular weight excluding hydrogens is 440 g/mol. The molecule has 0 unspecified atom stereocenters. The molecule has 2 bridgehead atoms. The predicted octanol–water partition coefficient (Wildman–Crippen LogP) is 3.84. The third kappa shape index (κ3) is 3.76. The summed E-state index contributed by atoms with van der Waals surface area (Å²) in [6.45, 7) is 5.08. The van der Waals surface area contributed by atoms with E-state index in [1.54, 1.807) is 29.0 Å². The smallest absolute Gasteiger partial charge is 0.254 e. The number of fused-ring (bicyclic) bond motifs is 2. The SMILES string of the molecule is COc1ccc(N2C(=O)[C@@H]3C[C@H]2CN3C(=O)c2cccc(Cn3nc(C)cc3C)c2)cc1Cl. The van der Waals surface area contributed by atoms with E-state index in [2.05, 4.69) is 5.10 Å².